The van der Waals surface area contributed by atoms with E-state index in [0.29, 0.717) is 0 Å². The standard InChI is InChI=1S/C48H40N2OS/c1-48(2)38-20-10-12-22-42(38)50(44-23-13-18-35-36-19-14-24-45(52(3,4)5)47(36)51-46(35)44)43-28-26-32(30-39(43)48)31-25-27-41-37(29-31)34-17-9-11-21-40(34)49(41)33-15-7-6-8-16-33/h6-30H,1-5H3. The predicted octanol–water partition coefficient (Wildman–Crippen LogP) is 13.5. The number of aromatic nitrogens is 1. The molecule has 0 amide bonds. The van der Waals surface area contributed by atoms with Gasteiger partial charge in [0.1, 0.15) is 5.58 Å². The lowest BCUT2D eigenvalue weighted by Gasteiger charge is -2.42. The third kappa shape index (κ3) is 4.47. The number of furan rings is 1. The van der Waals surface area contributed by atoms with Crippen molar-refractivity contribution in [2.75, 3.05) is 23.7 Å². The lowest BCUT2D eigenvalue weighted by molar-refractivity contribution is 0.630. The number of hydrogen-bond acceptors (Lipinski definition) is 2. The average molecular weight is 693 g/mol. The van der Waals surface area contributed by atoms with Crippen molar-refractivity contribution in [3.05, 3.63) is 163 Å². The zero-order valence-electron chi connectivity index (χ0n) is 30.1. The number of anilines is 3. The van der Waals surface area contributed by atoms with Gasteiger partial charge in [0.25, 0.3) is 0 Å². The first-order valence-electron chi connectivity index (χ1n) is 18.0. The zero-order chi connectivity index (χ0) is 35.4. The maximum Gasteiger partial charge on any atom is 0.159 e. The summed E-state index contributed by atoms with van der Waals surface area (Å²) in [7, 11) is -1.01. The molecule has 3 nitrogen and oxygen atoms in total. The summed E-state index contributed by atoms with van der Waals surface area (Å²) in [5.41, 5.74) is 13.8. The third-order valence-electron chi connectivity index (χ3n) is 11.1. The Balaban J connectivity index is 1.18. The van der Waals surface area contributed by atoms with Crippen LogP contribution >= 0.6 is 10.0 Å². The van der Waals surface area contributed by atoms with E-state index in [9.17, 15) is 0 Å². The van der Waals surface area contributed by atoms with Gasteiger partial charge in [-0.1, -0.05) is 105 Å². The van der Waals surface area contributed by atoms with Gasteiger partial charge in [0, 0.05) is 37.5 Å². The molecule has 1 aliphatic heterocycles. The Kier molecular flexibility index (Phi) is 6.66. The van der Waals surface area contributed by atoms with E-state index in [1.165, 1.54) is 71.4 Å². The lowest BCUT2D eigenvalue weighted by Crippen LogP contribution is -2.30. The maximum absolute atomic E-state index is 6.96. The molecule has 254 valence electrons. The van der Waals surface area contributed by atoms with Crippen LogP contribution in [0.2, 0.25) is 0 Å². The summed E-state index contributed by atoms with van der Waals surface area (Å²) >= 11 is 0. The Hall–Kier alpha value is -5.71. The van der Waals surface area contributed by atoms with Crippen LogP contribution in [0.3, 0.4) is 0 Å². The molecule has 0 atom stereocenters. The summed E-state index contributed by atoms with van der Waals surface area (Å²) in [6.45, 7) is 4.73. The molecule has 52 heavy (non-hydrogen) atoms. The number of fused-ring (bicyclic) bond motifs is 8. The largest absolute Gasteiger partial charge is 0.453 e. The second-order valence-electron chi connectivity index (χ2n) is 15.4. The van der Waals surface area contributed by atoms with Crippen molar-refractivity contribution in [1.82, 2.24) is 4.57 Å². The van der Waals surface area contributed by atoms with Crippen LogP contribution in [0.1, 0.15) is 25.0 Å². The Morgan fingerprint density at radius 3 is 1.92 bits per heavy atom. The molecule has 0 saturated carbocycles. The van der Waals surface area contributed by atoms with Gasteiger partial charge in [-0.25, -0.2) is 10.0 Å². The fourth-order valence-corrected chi connectivity index (χ4v) is 9.78. The second kappa shape index (κ2) is 11.1. The number of nitrogens with zero attached hydrogens (tertiary/aromatic N) is 2. The highest BCUT2D eigenvalue weighted by Gasteiger charge is 2.38. The molecule has 4 heteroatoms. The minimum Gasteiger partial charge on any atom is -0.453 e. The van der Waals surface area contributed by atoms with Crippen molar-refractivity contribution < 1.29 is 4.42 Å². The molecule has 0 unspecified atom stereocenters. The molecule has 10 rings (SSSR count). The molecule has 2 aromatic heterocycles. The van der Waals surface area contributed by atoms with Gasteiger partial charge in [0.2, 0.25) is 0 Å². The van der Waals surface area contributed by atoms with Crippen molar-refractivity contribution in [2.24, 2.45) is 0 Å². The van der Waals surface area contributed by atoms with Crippen LogP contribution in [0.15, 0.2) is 161 Å². The lowest BCUT2D eigenvalue weighted by atomic mass is 9.73. The summed E-state index contributed by atoms with van der Waals surface area (Å²) < 4.78 is 9.34. The summed E-state index contributed by atoms with van der Waals surface area (Å²) in [5.74, 6) is 0. The summed E-state index contributed by atoms with van der Waals surface area (Å²) in [6.07, 6.45) is 7.02. The highest BCUT2D eigenvalue weighted by molar-refractivity contribution is 8.32. The molecule has 1 aliphatic rings. The molecule has 3 heterocycles. The van der Waals surface area contributed by atoms with Gasteiger partial charge in [-0.2, -0.15) is 0 Å². The smallest absolute Gasteiger partial charge is 0.159 e. The first-order chi connectivity index (χ1) is 25.2. The van der Waals surface area contributed by atoms with Crippen LogP contribution in [0, 0.1) is 0 Å². The molecule has 7 aromatic carbocycles. The fourth-order valence-electron chi connectivity index (χ4n) is 8.59. The summed E-state index contributed by atoms with van der Waals surface area (Å²) in [4.78, 5) is 3.74. The number of para-hydroxylation sites is 5. The number of hydrogen-bond donors (Lipinski definition) is 0. The molecule has 0 radical (unpaired) electrons. The van der Waals surface area contributed by atoms with Gasteiger partial charge < -0.3 is 13.9 Å². The third-order valence-corrected chi connectivity index (χ3v) is 12.8. The van der Waals surface area contributed by atoms with Gasteiger partial charge in [-0.15, -0.1) is 0 Å². The monoisotopic (exact) mass is 692 g/mol. The van der Waals surface area contributed by atoms with Crippen molar-refractivity contribution >= 4 is 70.8 Å². The van der Waals surface area contributed by atoms with Crippen LogP contribution in [-0.4, -0.2) is 23.3 Å². The Bertz CT molecular complexity index is 2870. The van der Waals surface area contributed by atoms with Crippen molar-refractivity contribution in [1.29, 1.82) is 0 Å². The van der Waals surface area contributed by atoms with Gasteiger partial charge in [0.15, 0.2) is 5.58 Å². The molecule has 0 spiro atoms. The van der Waals surface area contributed by atoms with E-state index in [0.717, 1.165) is 22.2 Å². The number of rotatable bonds is 4. The van der Waals surface area contributed by atoms with Gasteiger partial charge in [-0.3, -0.25) is 0 Å². The van der Waals surface area contributed by atoms with Gasteiger partial charge >= 0.3 is 0 Å². The van der Waals surface area contributed by atoms with E-state index in [2.05, 4.69) is 194 Å². The normalized spacial score (nSPS) is 14.3. The molecule has 0 bridgehead atoms. The molecule has 0 fully saturated rings. The number of benzene rings is 7. The van der Waals surface area contributed by atoms with Crippen LogP contribution in [0.4, 0.5) is 17.1 Å². The van der Waals surface area contributed by atoms with E-state index < -0.39 is 10.0 Å². The molecule has 9 aromatic rings. The van der Waals surface area contributed by atoms with Crippen LogP contribution in [0.25, 0.3) is 60.6 Å². The molecular formula is C48H40N2OS. The van der Waals surface area contributed by atoms with E-state index >= 15 is 0 Å². The summed E-state index contributed by atoms with van der Waals surface area (Å²) in [5, 5.41) is 4.86. The first-order valence-corrected chi connectivity index (χ1v) is 20.8. The molecule has 0 N–H and O–H groups in total. The highest BCUT2D eigenvalue weighted by Crippen LogP contribution is 2.55. The van der Waals surface area contributed by atoms with E-state index in [1.54, 1.807) is 0 Å². The van der Waals surface area contributed by atoms with Gasteiger partial charge in [-0.05, 0) is 102 Å². The first kappa shape index (κ1) is 31.1. The summed E-state index contributed by atoms with van der Waals surface area (Å²) in [6, 6.07) is 55.6. The molecular weight excluding hydrogens is 653 g/mol. The van der Waals surface area contributed by atoms with Crippen LogP contribution in [-0.2, 0) is 5.41 Å². The SMILES string of the molecule is CC1(C)c2ccccc2N(c2cccc3c2oc2c(S(C)(C)C)cccc23)c2ccc(-c3ccc4c(c3)c3ccccc3n4-c3ccccc3)cc21. The Morgan fingerprint density at radius 1 is 0.481 bits per heavy atom. The minimum absolute atomic E-state index is 0.226. The maximum atomic E-state index is 6.96. The zero-order valence-corrected chi connectivity index (χ0v) is 31.0. The Morgan fingerprint density at radius 2 is 1.10 bits per heavy atom. The molecule has 0 saturated heterocycles. The fraction of sp³-hybridized carbons (Fsp3) is 0.125. The van der Waals surface area contributed by atoms with Crippen LogP contribution in [0.5, 0.6) is 0 Å². The van der Waals surface area contributed by atoms with E-state index in [-0.39, 0.29) is 5.41 Å². The van der Waals surface area contributed by atoms with Crippen LogP contribution < -0.4 is 4.90 Å². The second-order valence-corrected chi connectivity index (χ2v) is 19.5. The Labute approximate surface area is 306 Å². The van der Waals surface area contributed by atoms with Crippen molar-refractivity contribution in [2.45, 2.75) is 24.2 Å². The van der Waals surface area contributed by atoms with Crippen molar-refractivity contribution in [3.63, 3.8) is 0 Å². The van der Waals surface area contributed by atoms with E-state index in [4.69, 9.17) is 4.42 Å². The molecule has 0 aliphatic carbocycles. The topological polar surface area (TPSA) is 21.3 Å². The average Bonchev–Trinajstić information content (AvgIpc) is 3.71. The minimum atomic E-state index is -1.01. The predicted molar refractivity (Wildman–Crippen MR) is 224 cm³/mol. The van der Waals surface area contributed by atoms with E-state index in [1.807, 2.05) is 0 Å². The highest BCUT2D eigenvalue weighted by atomic mass is 32.3. The van der Waals surface area contributed by atoms with Crippen molar-refractivity contribution in [3.8, 4) is 16.8 Å². The van der Waals surface area contributed by atoms with Gasteiger partial charge in [0.05, 0.1) is 28.1 Å². The quantitative estimate of drug-likeness (QED) is 0.183.